The Morgan fingerprint density at radius 1 is 1.42 bits per heavy atom. The molecule has 0 bridgehead atoms. The minimum Gasteiger partial charge on any atom is -0.480 e. The van der Waals surface area contributed by atoms with Gasteiger partial charge in [0.1, 0.15) is 17.7 Å². The molecule has 2 atom stereocenters. The monoisotopic (exact) mass is 269 g/mol. The van der Waals surface area contributed by atoms with E-state index in [1.54, 1.807) is 0 Å². The molecule has 0 saturated carbocycles. The number of nitrogens with one attached hydrogen (secondary N) is 1. The van der Waals surface area contributed by atoms with Gasteiger partial charge in [-0.3, -0.25) is 4.79 Å². The van der Waals surface area contributed by atoms with Gasteiger partial charge >= 0.3 is 5.97 Å². The zero-order valence-corrected chi connectivity index (χ0v) is 10.5. The van der Waals surface area contributed by atoms with Crippen molar-refractivity contribution in [3.63, 3.8) is 0 Å². The first kappa shape index (κ1) is 13.5. The van der Waals surface area contributed by atoms with Crippen LogP contribution >= 0.6 is 0 Å². The molecule has 0 aliphatic carbocycles. The van der Waals surface area contributed by atoms with E-state index in [1.165, 1.54) is 13.8 Å². The zero-order valence-electron chi connectivity index (χ0n) is 10.5. The van der Waals surface area contributed by atoms with Crippen LogP contribution in [0.4, 0.5) is 8.78 Å². The molecule has 0 radical (unpaired) electrons. The highest BCUT2D eigenvalue weighted by molar-refractivity contribution is 5.90. The van der Waals surface area contributed by atoms with Crippen LogP contribution in [-0.4, -0.2) is 23.0 Å². The Bertz CT molecular complexity index is 573. The standard InChI is InChI=1S/C13H13F2NO3/c1-6-3-9(15)7(4-8(6)14)13(2)5-10(17)16-11(13)12(18)19/h3-4,11H,5H2,1-2H3,(H,16,17)(H,18,19). The molecule has 1 aliphatic rings. The fraction of sp³-hybridized carbons (Fsp3) is 0.385. The second kappa shape index (κ2) is 4.29. The van der Waals surface area contributed by atoms with Gasteiger partial charge in [-0.25, -0.2) is 13.6 Å². The number of halogens is 2. The van der Waals surface area contributed by atoms with Crippen LogP contribution in [0, 0.1) is 18.6 Å². The molecule has 2 rings (SSSR count). The molecule has 1 saturated heterocycles. The average molecular weight is 269 g/mol. The number of rotatable bonds is 2. The number of hydrogen-bond donors (Lipinski definition) is 2. The second-order valence-electron chi connectivity index (χ2n) is 5.01. The highest BCUT2D eigenvalue weighted by Crippen LogP contribution is 2.38. The summed E-state index contributed by atoms with van der Waals surface area (Å²) in [5.41, 5.74) is -1.27. The third-order valence-electron chi connectivity index (χ3n) is 3.58. The molecule has 1 fully saturated rings. The fourth-order valence-corrected chi connectivity index (χ4v) is 2.48. The molecule has 4 nitrogen and oxygen atoms in total. The molecule has 19 heavy (non-hydrogen) atoms. The maximum Gasteiger partial charge on any atom is 0.327 e. The Labute approximate surface area is 108 Å². The molecule has 0 spiro atoms. The van der Waals surface area contributed by atoms with Crippen molar-refractivity contribution in [2.24, 2.45) is 0 Å². The SMILES string of the molecule is Cc1cc(F)c(C2(C)CC(=O)NC2C(=O)O)cc1F. The van der Waals surface area contributed by atoms with Gasteiger partial charge in [0, 0.05) is 11.8 Å². The Kier molecular flexibility index (Phi) is 3.04. The summed E-state index contributed by atoms with van der Waals surface area (Å²) in [6, 6.07) is 0.718. The lowest BCUT2D eigenvalue weighted by Gasteiger charge is -2.28. The highest BCUT2D eigenvalue weighted by atomic mass is 19.1. The Balaban J connectivity index is 2.58. The molecule has 1 aromatic carbocycles. The highest BCUT2D eigenvalue weighted by Gasteiger charge is 2.50. The summed E-state index contributed by atoms with van der Waals surface area (Å²) in [4.78, 5) is 22.6. The van der Waals surface area contributed by atoms with Crippen LogP contribution in [0.1, 0.15) is 24.5 Å². The summed E-state index contributed by atoms with van der Waals surface area (Å²) in [5.74, 6) is -3.09. The van der Waals surface area contributed by atoms with E-state index in [0.717, 1.165) is 12.1 Å². The van der Waals surface area contributed by atoms with Crippen LogP contribution in [-0.2, 0) is 15.0 Å². The van der Waals surface area contributed by atoms with Crippen molar-refractivity contribution in [3.05, 3.63) is 34.9 Å². The predicted molar refractivity (Wildman–Crippen MR) is 62.6 cm³/mol. The number of carbonyl (C=O) groups is 2. The third kappa shape index (κ3) is 2.07. The van der Waals surface area contributed by atoms with Crippen molar-refractivity contribution < 1.29 is 23.5 Å². The van der Waals surface area contributed by atoms with Gasteiger partial charge in [0.25, 0.3) is 0 Å². The average Bonchev–Trinajstić information content (AvgIpc) is 2.60. The van der Waals surface area contributed by atoms with E-state index in [-0.39, 0.29) is 17.5 Å². The number of aryl methyl sites for hydroxylation is 1. The van der Waals surface area contributed by atoms with Crippen molar-refractivity contribution in [2.45, 2.75) is 31.7 Å². The first-order chi connectivity index (χ1) is 8.75. The molecular weight excluding hydrogens is 256 g/mol. The van der Waals surface area contributed by atoms with Gasteiger partial charge in [0.05, 0.1) is 0 Å². The molecule has 1 aliphatic heterocycles. The topological polar surface area (TPSA) is 66.4 Å². The van der Waals surface area contributed by atoms with E-state index in [0.29, 0.717) is 0 Å². The Morgan fingerprint density at radius 2 is 2.05 bits per heavy atom. The Hall–Kier alpha value is -1.98. The van der Waals surface area contributed by atoms with Crippen molar-refractivity contribution in [1.82, 2.24) is 5.32 Å². The molecule has 1 amide bonds. The van der Waals surface area contributed by atoms with Crippen LogP contribution in [0.15, 0.2) is 12.1 Å². The molecule has 6 heteroatoms. The van der Waals surface area contributed by atoms with Gasteiger partial charge in [0.15, 0.2) is 0 Å². The van der Waals surface area contributed by atoms with Gasteiger partial charge in [-0.15, -0.1) is 0 Å². The van der Waals surface area contributed by atoms with E-state index in [4.69, 9.17) is 5.11 Å². The van der Waals surface area contributed by atoms with E-state index in [9.17, 15) is 18.4 Å². The van der Waals surface area contributed by atoms with Crippen molar-refractivity contribution in [1.29, 1.82) is 0 Å². The van der Waals surface area contributed by atoms with Crippen LogP contribution < -0.4 is 5.32 Å². The van der Waals surface area contributed by atoms with Gasteiger partial charge < -0.3 is 10.4 Å². The van der Waals surface area contributed by atoms with E-state index in [1.807, 2.05) is 0 Å². The molecule has 1 aromatic rings. The van der Waals surface area contributed by atoms with Gasteiger partial charge in [-0.05, 0) is 30.2 Å². The summed E-state index contributed by atoms with van der Waals surface area (Å²) in [7, 11) is 0. The maximum absolute atomic E-state index is 14.0. The lowest BCUT2D eigenvalue weighted by atomic mass is 9.75. The van der Waals surface area contributed by atoms with Crippen molar-refractivity contribution in [2.75, 3.05) is 0 Å². The summed E-state index contributed by atoms with van der Waals surface area (Å²) in [6.07, 6.45) is -0.191. The summed E-state index contributed by atoms with van der Waals surface area (Å²) < 4.78 is 27.6. The predicted octanol–water partition coefficient (Wildman–Crippen LogP) is 1.50. The van der Waals surface area contributed by atoms with E-state index < -0.39 is 35.0 Å². The van der Waals surface area contributed by atoms with Gasteiger partial charge in [0.2, 0.25) is 5.91 Å². The maximum atomic E-state index is 14.0. The first-order valence-electron chi connectivity index (χ1n) is 5.74. The van der Waals surface area contributed by atoms with Crippen molar-refractivity contribution in [3.8, 4) is 0 Å². The second-order valence-corrected chi connectivity index (χ2v) is 5.01. The van der Waals surface area contributed by atoms with E-state index in [2.05, 4.69) is 5.32 Å². The number of amides is 1. The molecule has 2 N–H and O–H groups in total. The van der Waals surface area contributed by atoms with Gasteiger partial charge in [-0.2, -0.15) is 0 Å². The van der Waals surface area contributed by atoms with Crippen molar-refractivity contribution >= 4 is 11.9 Å². The summed E-state index contributed by atoms with van der Waals surface area (Å²) in [5, 5.41) is 11.4. The number of carboxylic acid groups (broad SMARTS) is 1. The minimum absolute atomic E-state index is 0.0960. The van der Waals surface area contributed by atoms with E-state index >= 15 is 0 Å². The zero-order chi connectivity index (χ0) is 14.4. The van der Waals surface area contributed by atoms with Gasteiger partial charge in [-0.1, -0.05) is 6.92 Å². The molecule has 1 heterocycles. The molecular formula is C13H13F2NO3. The number of carbonyl (C=O) groups excluding carboxylic acids is 1. The number of carboxylic acids is 1. The normalized spacial score (nSPS) is 26.3. The lowest BCUT2D eigenvalue weighted by molar-refractivity contribution is -0.141. The largest absolute Gasteiger partial charge is 0.480 e. The summed E-state index contributed by atoms with van der Waals surface area (Å²) >= 11 is 0. The Morgan fingerprint density at radius 3 is 2.63 bits per heavy atom. The lowest BCUT2D eigenvalue weighted by Crippen LogP contribution is -2.45. The number of benzene rings is 1. The van der Waals surface area contributed by atoms with Crippen LogP contribution in [0.25, 0.3) is 0 Å². The smallest absolute Gasteiger partial charge is 0.327 e. The quantitative estimate of drug-likeness (QED) is 0.855. The summed E-state index contributed by atoms with van der Waals surface area (Å²) in [6.45, 7) is 2.86. The first-order valence-corrected chi connectivity index (χ1v) is 5.74. The molecule has 102 valence electrons. The molecule has 2 unspecified atom stereocenters. The third-order valence-corrected chi connectivity index (χ3v) is 3.58. The van der Waals surface area contributed by atoms with Crippen LogP contribution in [0.5, 0.6) is 0 Å². The minimum atomic E-state index is -1.30. The van der Waals surface area contributed by atoms with Crippen LogP contribution in [0.2, 0.25) is 0 Å². The van der Waals surface area contributed by atoms with Crippen LogP contribution in [0.3, 0.4) is 0 Å². The fourth-order valence-electron chi connectivity index (χ4n) is 2.48. The molecule has 0 aromatic heterocycles. The number of aliphatic carboxylic acids is 1. The number of hydrogen-bond acceptors (Lipinski definition) is 2.